The van der Waals surface area contributed by atoms with Crippen LogP contribution in [-0.4, -0.2) is 30.5 Å². The number of nitrogens with one attached hydrogen (secondary N) is 2. The number of H-pyrrole nitrogens is 1. The van der Waals surface area contributed by atoms with Crippen LogP contribution in [0.5, 0.6) is 0 Å². The lowest BCUT2D eigenvalue weighted by Crippen LogP contribution is -2.26. The van der Waals surface area contributed by atoms with Gasteiger partial charge in [0.15, 0.2) is 0 Å². The molecule has 0 bridgehead atoms. The Morgan fingerprint density at radius 2 is 1.96 bits per heavy atom. The van der Waals surface area contributed by atoms with Crippen LogP contribution in [0.4, 0.5) is 0 Å². The summed E-state index contributed by atoms with van der Waals surface area (Å²) < 4.78 is 4.82. The van der Waals surface area contributed by atoms with Crippen molar-refractivity contribution in [3.8, 4) is 6.07 Å². The summed E-state index contributed by atoms with van der Waals surface area (Å²) in [4.78, 5) is 27.5. The minimum Gasteiger partial charge on any atom is -0.465 e. The van der Waals surface area contributed by atoms with E-state index in [-0.39, 0.29) is 5.57 Å². The molecule has 0 unspecified atom stereocenters. The highest BCUT2D eigenvalue weighted by Gasteiger charge is 2.16. The number of hydrogen-bond donors (Lipinski definition) is 2. The standard InChI is InChI=1S/C22H19N3O3/c1-28-22(27)18-8-5-9-19-20(18)17(14-25-19)12-16(13-23)21(26)24-11-10-15-6-3-2-4-7-15/h2-9,12,14,25H,10-11H2,1H3,(H,24,26). The summed E-state index contributed by atoms with van der Waals surface area (Å²) >= 11 is 0. The molecule has 140 valence electrons. The number of nitriles is 1. The SMILES string of the molecule is COC(=O)c1cccc2[nH]cc(C=C(C#N)C(=O)NCCc3ccccc3)c12. The van der Waals surface area contributed by atoms with E-state index >= 15 is 0 Å². The van der Waals surface area contributed by atoms with Crippen LogP contribution >= 0.6 is 0 Å². The van der Waals surface area contributed by atoms with Crippen LogP contribution in [0.1, 0.15) is 21.5 Å². The molecule has 0 saturated carbocycles. The zero-order valence-corrected chi connectivity index (χ0v) is 15.4. The first-order valence-corrected chi connectivity index (χ1v) is 8.76. The lowest BCUT2D eigenvalue weighted by Gasteiger charge is -2.05. The summed E-state index contributed by atoms with van der Waals surface area (Å²) in [5, 5.41) is 12.8. The fourth-order valence-corrected chi connectivity index (χ4v) is 2.97. The third kappa shape index (κ3) is 4.10. The maximum Gasteiger partial charge on any atom is 0.338 e. The maximum absolute atomic E-state index is 12.4. The van der Waals surface area contributed by atoms with E-state index in [1.165, 1.54) is 13.2 Å². The van der Waals surface area contributed by atoms with Crippen LogP contribution in [0.15, 0.2) is 60.3 Å². The summed E-state index contributed by atoms with van der Waals surface area (Å²) in [6.07, 6.45) is 3.81. The monoisotopic (exact) mass is 373 g/mol. The summed E-state index contributed by atoms with van der Waals surface area (Å²) in [7, 11) is 1.31. The molecule has 0 atom stereocenters. The second-order valence-electron chi connectivity index (χ2n) is 6.13. The Labute approximate surface area is 162 Å². The highest BCUT2D eigenvalue weighted by atomic mass is 16.5. The maximum atomic E-state index is 12.4. The van der Waals surface area contributed by atoms with Gasteiger partial charge in [-0.1, -0.05) is 36.4 Å². The van der Waals surface area contributed by atoms with Crippen molar-refractivity contribution in [2.45, 2.75) is 6.42 Å². The molecule has 28 heavy (non-hydrogen) atoms. The smallest absolute Gasteiger partial charge is 0.338 e. The largest absolute Gasteiger partial charge is 0.465 e. The Hall–Kier alpha value is -3.85. The molecular weight excluding hydrogens is 354 g/mol. The highest BCUT2D eigenvalue weighted by Crippen LogP contribution is 2.25. The molecule has 0 spiro atoms. The molecule has 0 aliphatic rings. The van der Waals surface area contributed by atoms with E-state index in [1.807, 2.05) is 42.5 Å². The molecule has 0 fully saturated rings. The number of aromatic nitrogens is 1. The molecule has 0 aliphatic heterocycles. The van der Waals surface area contributed by atoms with Crippen molar-refractivity contribution >= 4 is 28.9 Å². The number of rotatable bonds is 6. The van der Waals surface area contributed by atoms with E-state index in [0.717, 1.165) is 11.1 Å². The number of aromatic amines is 1. The van der Waals surface area contributed by atoms with Crippen LogP contribution in [0.25, 0.3) is 17.0 Å². The molecule has 2 aromatic carbocycles. The Bertz CT molecular complexity index is 1080. The van der Waals surface area contributed by atoms with Crippen molar-refractivity contribution in [3.63, 3.8) is 0 Å². The summed E-state index contributed by atoms with van der Waals surface area (Å²) in [5.74, 6) is -0.936. The number of fused-ring (bicyclic) bond motifs is 1. The van der Waals surface area contributed by atoms with E-state index in [2.05, 4.69) is 10.3 Å². The Morgan fingerprint density at radius 1 is 1.18 bits per heavy atom. The van der Waals surface area contributed by atoms with Crippen molar-refractivity contribution < 1.29 is 14.3 Å². The number of carbonyl (C=O) groups excluding carboxylic acids is 2. The number of nitrogens with zero attached hydrogens (tertiary/aromatic N) is 1. The molecule has 2 N–H and O–H groups in total. The first-order chi connectivity index (χ1) is 13.6. The van der Waals surface area contributed by atoms with Gasteiger partial charge in [-0.25, -0.2) is 4.79 Å². The van der Waals surface area contributed by atoms with E-state index in [4.69, 9.17) is 4.74 Å². The van der Waals surface area contributed by atoms with Gasteiger partial charge in [-0.15, -0.1) is 0 Å². The molecule has 1 amide bonds. The first kappa shape index (κ1) is 18.9. The van der Waals surface area contributed by atoms with Gasteiger partial charge in [-0.05, 0) is 30.2 Å². The average Bonchev–Trinajstić information content (AvgIpc) is 3.15. The zero-order chi connectivity index (χ0) is 19.9. The van der Waals surface area contributed by atoms with E-state index in [9.17, 15) is 14.9 Å². The van der Waals surface area contributed by atoms with E-state index < -0.39 is 11.9 Å². The molecule has 6 nitrogen and oxygen atoms in total. The second kappa shape index (κ2) is 8.69. The lowest BCUT2D eigenvalue weighted by molar-refractivity contribution is -0.117. The van der Waals surface area contributed by atoms with Crippen molar-refractivity contribution in [2.24, 2.45) is 0 Å². The van der Waals surface area contributed by atoms with Crippen molar-refractivity contribution in [2.75, 3.05) is 13.7 Å². The van der Waals surface area contributed by atoms with Crippen LogP contribution in [0.2, 0.25) is 0 Å². The van der Waals surface area contributed by atoms with Gasteiger partial charge in [-0.2, -0.15) is 5.26 Å². The van der Waals surface area contributed by atoms with Crippen LogP contribution in [0.3, 0.4) is 0 Å². The number of hydrogen-bond acceptors (Lipinski definition) is 4. The third-order valence-electron chi connectivity index (χ3n) is 4.35. The van der Waals surface area contributed by atoms with Gasteiger partial charge in [0.05, 0.1) is 12.7 Å². The third-order valence-corrected chi connectivity index (χ3v) is 4.35. The molecule has 3 rings (SSSR count). The van der Waals surface area contributed by atoms with Gasteiger partial charge in [-0.3, -0.25) is 4.79 Å². The topological polar surface area (TPSA) is 95.0 Å². The Balaban J connectivity index is 1.81. The summed E-state index contributed by atoms with van der Waals surface area (Å²) in [6, 6.07) is 16.9. The Kier molecular flexibility index (Phi) is 5.87. The minimum atomic E-state index is -0.481. The normalized spacial score (nSPS) is 11.1. The fraction of sp³-hybridized carbons (Fsp3) is 0.136. The predicted molar refractivity (Wildman–Crippen MR) is 106 cm³/mol. The quantitative estimate of drug-likeness (QED) is 0.394. The van der Waals surface area contributed by atoms with Gasteiger partial charge in [0.2, 0.25) is 0 Å². The van der Waals surface area contributed by atoms with Gasteiger partial charge in [0.1, 0.15) is 11.6 Å². The molecule has 6 heteroatoms. The van der Waals surface area contributed by atoms with Gasteiger partial charge >= 0.3 is 5.97 Å². The van der Waals surface area contributed by atoms with E-state index in [1.54, 1.807) is 18.3 Å². The minimum absolute atomic E-state index is 0.0337. The molecule has 0 saturated heterocycles. The lowest BCUT2D eigenvalue weighted by atomic mass is 10.0. The average molecular weight is 373 g/mol. The first-order valence-electron chi connectivity index (χ1n) is 8.76. The highest BCUT2D eigenvalue weighted by molar-refractivity contribution is 6.09. The van der Waals surface area contributed by atoms with Gasteiger partial charge in [0, 0.05) is 29.2 Å². The van der Waals surface area contributed by atoms with Crippen molar-refractivity contribution in [3.05, 3.63) is 77.0 Å². The molecule has 1 aromatic heterocycles. The fourth-order valence-electron chi connectivity index (χ4n) is 2.97. The number of carbonyl (C=O) groups is 2. The van der Waals surface area contributed by atoms with Crippen molar-refractivity contribution in [1.29, 1.82) is 5.26 Å². The molecule has 0 aliphatic carbocycles. The summed E-state index contributed by atoms with van der Waals surface area (Å²) in [5.41, 5.74) is 2.73. The number of amides is 1. The van der Waals surface area contributed by atoms with Crippen molar-refractivity contribution in [1.82, 2.24) is 10.3 Å². The molecule has 0 radical (unpaired) electrons. The summed E-state index contributed by atoms with van der Waals surface area (Å²) in [6.45, 7) is 0.420. The molecule has 3 aromatic rings. The number of benzene rings is 2. The number of esters is 1. The molecular formula is C22H19N3O3. The van der Waals surface area contributed by atoms with Crippen LogP contribution in [0, 0.1) is 11.3 Å². The number of methoxy groups -OCH3 is 1. The predicted octanol–water partition coefficient (Wildman–Crippen LogP) is 3.22. The van der Waals surface area contributed by atoms with Gasteiger partial charge in [0.25, 0.3) is 5.91 Å². The molecule has 1 heterocycles. The zero-order valence-electron chi connectivity index (χ0n) is 15.4. The van der Waals surface area contributed by atoms with Crippen LogP contribution in [-0.2, 0) is 16.0 Å². The van der Waals surface area contributed by atoms with Crippen LogP contribution < -0.4 is 5.32 Å². The van der Waals surface area contributed by atoms with E-state index in [0.29, 0.717) is 29.5 Å². The number of ether oxygens (including phenoxy) is 1. The second-order valence-corrected chi connectivity index (χ2v) is 6.13. The Morgan fingerprint density at radius 3 is 2.68 bits per heavy atom. The van der Waals surface area contributed by atoms with Gasteiger partial charge < -0.3 is 15.0 Å².